The van der Waals surface area contributed by atoms with E-state index in [2.05, 4.69) is 18.8 Å². The summed E-state index contributed by atoms with van der Waals surface area (Å²) in [6, 6.07) is 9.06. The van der Waals surface area contributed by atoms with E-state index in [0.717, 1.165) is 41.6 Å². The lowest BCUT2D eigenvalue weighted by atomic mass is 9.88. The SMILES string of the molecule is CC1(C)CC(c2ccc(S(C)(=O)=O)cc2)=C(c2ccc(C(F)(F)F)cn2)C1. The van der Waals surface area contributed by atoms with Crippen LogP contribution in [0.25, 0.3) is 11.1 Å². The minimum atomic E-state index is -4.42. The van der Waals surface area contributed by atoms with Gasteiger partial charge in [-0.05, 0) is 59.2 Å². The molecule has 0 amide bonds. The molecule has 1 aliphatic rings. The smallest absolute Gasteiger partial charge is 0.256 e. The maximum Gasteiger partial charge on any atom is 0.417 e. The molecule has 0 bridgehead atoms. The predicted octanol–water partition coefficient (Wildman–Crippen LogP) is 5.23. The molecule has 1 aromatic heterocycles. The number of benzene rings is 1. The van der Waals surface area contributed by atoms with E-state index >= 15 is 0 Å². The van der Waals surface area contributed by atoms with E-state index in [9.17, 15) is 21.6 Å². The van der Waals surface area contributed by atoms with Crippen LogP contribution in [0.4, 0.5) is 13.2 Å². The Morgan fingerprint density at radius 2 is 1.56 bits per heavy atom. The molecule has 1 heterocycles. The van der Waals surface area contributed by atoms with E-state index in [-0.39, 0.29) is 10.3 Å². The van der Waals surface area contributed by atoms with Crippen LogP contribution in [0.15, 0.2) is 47.5 Å². The van der Waals surface area contributed by atoms with E-state index in [4.69, 9.17) is 0 Å². The van der Waals surface area contributed by atoms with Gasteiger partial charge < -0.3 is 0 Å². The van der Waals surface area contributed by atoms with Crippen molar-refractivity contribution in [2.75, 3.05) is 6.26 Å². The first-order valence-electron chi connectivity index (χ1n) is 8.43. The van der Waals surface area contributed by atoms with Crippen LogP contribution in [-0.2, 0) is 16.0 Å². The van der Waals surface area contributed by atoms with Gasteiger partial charge in [0.1, 0.15) is 0 Å². The van der Waals surface area contributed by atoms with Crippen LogP contribution < -0.4 is 0 Å². The summed E-state index contributed by atoms with van der Waals surface area (Å²) in [7, 11) is -3.29. The molecule has 2 aromatic rings. The number of allylic oxidation sites excluding steroid dienone is 2. The lowest BCUT2D eigenvalue weighted by Gasteiger charge is -2.17. The van der Waals surface area contributed by atoms with Crippen LogP contribution in [0.2, 0.25) is 0 Å². The number of hydrogen-bond acceptors (Lipinski definition) is 3. The summed E-state index contributed by atoms with van der Waals surface area (Å²) in [5, 5.41) is 0. The topological polar surface area (TPSA) is 47.0 Å². The zero-order valence-corrected chi connectivity index (χ0v) is 16.1. The van der Waals surface area contributed by atoms with Gasteiger partial charge >= 0.3 is 6.18 Å². The van der Waals surface area contributed by atoms with E-state index in [1.54, 1.807) is 24.3 Å². The monoisotopic (exact) mass is 395 g/mol. The van der Waals surface area contributed by atoms with Gasteiger partial charge in [-0.2, -0.15) is 13.2 Å². The molecule has 3 rings (SSSR count). The zero-order chi connectivity index (χ0) is 20.0. The number of rotatable bonds is 3. The first kappa shape index (κ1) is 19.6. The van der Waals surface area contributed by atoms with Crippen molar-refractivity contribution in [3.8, 4) is 0 Å². The van der Waals surface area contributed by atoms with Crippen LogP contribution in [0.1, 0.15) is 43.5 Å². The molecule has 0 spiro atoms. The second kappa shape index (κ2) is 6.48. The Morgan fingerprint density at radius 3 is 2.04 bits per heavy atom. The van der Waals surface area contributed by atoms with Crippen LogP contribution >= 0.6 is 0 Å². The Hall–Kier alpha value is -2.15. The fourth-order valence-electron chi connectivity index (χ4n) is 3.40. The standard InChI is InChI=1S/C20H20F3NO2S/c1-19(2)10-16(13-4-7-15(8-5-13)27(3,25)26)17(11-19)18-9-6-14(12-24-18)20(21,22)23/h4-9,12H,10-11H2,1-3H3. The van der Waals surface area contributed by atoms with E-state index in [1.807, 2.05) is 0 Å². The van der Waals surface area contributed by atoms with E-state index in [0.29, 0.717) is 12.1 Å². The number of halogens is 3. The molecule has 0 unspecified atom stereocenters. The van der Waals surface area contributed by atoms with Gasteiger partial charge in [0.25, 0.3) is 0 Å². The van der Waals surface area contributed by atoms with Gasteiger partial charge in [-0.1, -0.05) is 26.0 Å². The summed E-state index contributed by atoms with van der Waals surface area (Å²) < 4.78 is 61.7. The maximum atomic E-state index is 12.8. The predicted molar refractivity (Wildman–Crippen MR) is 98.6 cm³/mol. The van der Waals surface area contributed by atoms with Gasteiger partial charge in [0.05, 0.1) is 16.2 Å². The van der Waals surface area contributed by atoms with Crippen LogP contribution in [0.3, 0.4) is 0 Å². The molecule has 0 radical (unpaired) electrons. The van der Waals surface area contributed by atoms with Gasteiger partial charge in [-0.3, -0.25) is 4.98 Å². The second-order valence-corrected chi connectivity index (χ2v) is 9.72. The molecule has 27 heavy (non-hydrogen) atoms. The summed E-state index contributed by atoms with van der Waals surface area (Å²) in [5.41, 5.74) is 2.46. The van der Waals surface area contributed by atoms with Gasteiger partial charge in [-0.25, -0.2) is 8.42 Å². The van der Waals surface area contributed by atoms with Gasteiger partial charge in [0.15, 0.2) is 9.84 Å². The second-order valence-electron chi connectivity index (χ2n) is 7.70. The fourth-order valence-corrected chi connectivity index (χ4v) is 4.03. The van der Waals surface area contributed by atoms with Crippen molar-refractivity contribution in [1.29, 1.82) is 0 Å². The number of aromatic nitrogens is 1. The summed E-state index contributed by atoms with van der Waals surface area (Å²) in [6.07, 6.45) is -0.980. The van der Waals surface area contributed by atoms with Crippen molar-refractivity contribution in [2.45, 2.75) is 37.8 Å². The normalized spacial score (nSPS) is 17.4. The maximum absolute atomic E-state index is 12.8. The Balaban J connectivity index is 2.04. The molecule has 7 heteroatoms. The van der Waals surface area contributed by atoms with E-state index in [1.165, 1.54) is 6.07 Å². The Kier molecular flexibility index (Phi) is 4.70. The summed E-state index contributed by atoms with van der Waals surface area (Å²) in [6.45, 7) is 4.18. The van der Waals surface area contributed by atoms with Crippen molar-refractivity contribution >= 4 is 21.0 Å². The molecule has 0 atom stereocenters. The molecule has 144 valence electrons. The van der Waals surface area contributed by atoms with Crippen molar-refractivity contribution in [3.63, 3.8) is 0 Å². The van der Waals surface area contributed by atoms with Crippen molar-refractivity contribution in [3.05, 3.63) is 59.4 Å². The molecule has 1 aromatic carbocycles. The molecule has 3 nitrogen and oxygen atoms in total. The van der Waals surface area contributed by atoms with Crippen molar-refractivity contribution < 1.29 is 21.6 Å². The van der Waals surface area contributed by atoms with Gasteiger partial charge in [-0.15, -0.1) is 0 Å². The van der Waals surface area contributed by atoms with Gasteiger partial charge in [0.2, 0.25) is 0 Å². The third-order valence-electron chi connectivity index (χ3n) is 4.71. The lowest BCUT2D eigenvalue weighted by molar-refractivity contribution is -0.137. The molecular formula is C20H20F3NO2S. The lowest BCUT2D eigenvalue weighted by Crippen LogP contribution is -2.07. The summed E-state index contributed by atoms with van der Waals surface area (Å²) in [4.78, 5) is 4.29. The third-order valence-corrected chi connectivity index (χ3v) is 5.83. The van der Waals surface area contributed by atoms with Crippen molar-refractivity contribution in [1.82, 2.24) is 4.98 Å². The molecule has 0 fully saturated rings. The Labute approximate surface area is 156 Å². The van der Waals surface area contributed by atoms with Gasteiger partial charge in [0, 0.05) is 12.5 Å². The zero-order valence-electron chi connectivity index (χ0n) is 15.3. The first-order chi connectivity index (χ1) is 12.4. The minimum absolute atomic E-state index is 0.0510. The highest BCUT2D eigenvalue weighted by Gasteiger charge is 2.34. The molecule has 1 aliphatic carbocycles. The average molecular weight is 395 g/mol. The van der Waals surface area contributed by atoms with Crippen LogP contribution in [-0.4, -0.2) is 19.7 Å². The number of nitrogens with zero attached hydrogens (tertiary/aromatic N) is 1. The third kappa shape index (κ3) is 4.24. The van der Waals surface area contributed by atoms with Crippen LogP contribution in [0.5, 0.6) is 0 Å². The quantitative estimate of drug-likeness (QED) is 0.715. The number of alkyl halides is 3. The molecule has 0 N–H and O–H groups in total. The molecule has 0 saturated carbocycles. The highest BCUT2D eigenvalue weighted by molar-refractivity contribution is 7.90. The summed E-state index contributed by atoms with van der Waals surface area (Å²) >= 11 is 0. The molecule has 0 aliphatic heterocycles. The fraction of sp³-hybridized carbons (Fsp3) is 0.350. The van der Waals surface area contributed by atoms with Crippen LogP contribution in [0, 0.1) is 5.41 Å². The minimum Gasteiger partial charge on any atom is -0.256 e. The average Bonchev–Trinajstić information content (AvgIpc) is 2.89. The van der Waals surface area contributed by atoms with E-state index < -0.39 is 21.6 Å². The highest BCUT2D eigenvalue weighted by Crippen LogP contribution is 2.49. The molecular weight excluding hydrogens is 375 g/mol. The number of sulfone groups is 1. The highest BCUT2D eigenvalue weighted by atomic mass is 32.2. The Bertz CT molecular complexity index is 987. The first-order valence-corrected chi connectivity index (χ1v) is 10.3. The van der Waals surface area contributed by atoms with Crippen molar-refractivity contribution in [2.24, 2.45) is 5.41 Å². The molecule has 0 saturated heterocycles. The number of hydrogen-bond donors (Lipinski definition) is 0. The summed E-state index contributed by atoms with van der Waals surface area (Å²) in [5.74, 6) is 0. The largest absolute Gasteiger partial charge is 0.417 e. The number of pyridine rings is 1. The Morgan fingerprint density at radius 1 is 0.963 bits per heavy atom.